The van der Waals surface area contributed by atoms with Gasteiger partial charge in [-0.25, -0.2) is 0 Å². The molecule has 0 radical (unpaired) electrons. The minimum absolute atomic E-state index is 0.000670. The number of carbonyl (C=O) groups excluding carboxylic acids is 1. The van der Waals surface area contributed by atoms with Crippen LogP contribution in [0.4, 0.5) is 5.82 Å². The molecule has 6 nitrogen and oxygen atoms in total. The highest BCUT2D eigenvalue weighted by Gasteiger charge is 2.43. The van der Waals surface area contributed by atoms with Gasteiger partial charge in [-0.1, -0.05) is 0 Å². The number of hydrogen-bond donors (Lipinski definition) is 1. The van der Waals surface area contributed by atoms with E-state index < -0.39 is 0 Å². The summed E-state index contributed by atoms with van der Waals surface area (Å²) in [6.45, 7) is 0.800. The van der Waals surface area contributed by atoms with Crippen LogP contribution in [0.15, 0.2) is 12.3 Å². The molecule has 19 heavy (non-hydrogen) atoms. The Hall–Kier alpha value is -1.56. The van der Waals surface area contributed by atoms with Gasteiger partial charge in [0.1, 0.15) is 18.5 Å². The molecular weight excluding hydrogens is 246 g/mol. The molecule has 2 aliphatic rings. The van der Waals surface area contributed by atoms with Crippen LogP contribution in [0.3, 0.4) is 0 Å². The Morgan fingerprint density at radius 1 is 1.63 bits per heavy atom. The van der Waals surface area contributed by atoms with Gasteiger partial charge in [-0.2, -0.15) is 5.10 Å². The van der Waals surface area contributed by atoms with Gasteiger partial charge in [-0.3, -0.25) is 9.48 Å². The molecule has 2 fully saturated rings. The summed E-state index contributed by atoms with van der Waals surface area (Å²) < 4.78 is 12.8. The summed E-state index contributed by atoms with van der Waals surface area (Å²) in [5, 5.41) is 3.97. The number of hydrogen-bond acceptors (Lipinski definition) is 5. The first-order chi connectivity index (χ1) is 9.15. The van der Waals surface area contributed by atoms with Gasteiger partial charge in [0.15, 0.2) is 0 Å². The Morgan fingerprint density at radius 2 is 2.47 bits per heavy atom. The molecule has 1 unspecified atom stereocenters. The molecule has 6 heteroatoms. The number of nitrogen functional groups attached to an aromatic ring is 1. The van der Waals surface area contributed by atoms with Crippen LogP contribution in [0.5, 0.6) is 0 Å². The first kappa shape index (κ1) is 12.5. The molecule has 0 amide bonds. The predicted octanol–water partition coefficient (Wildman–Crippen LogP) is 1.11. The van der Waals surface area contributed by atoms with Gasteiger partial charge < -0.3 is 15.2 Å². The number of esters is 1. The summed E-state index contributed by atoms with van der Waals surface area (Å²) in [5.41, 5.74) is 5.50. The fourth-order valence-corrected chi connectivity index (χ4v) is 2.82. The lowest BCUT2D eigenvalue weighted by atomic mass is 9.74. The standard InChI is InChI=1S/C13H19N3O3/c14-11-2-6-16(15-11)9-12(17)19-10-3-7-18-13(8-10)4-1-5-13/h2,6,10H,1,3-5,7-9H2,(H2,14,15). The molecule has 1 spiro atoms. The van der Waals surface area contributed by atoms with Crippen LogP contribution in [-0.2, 0) is 20.8 Å². The summed E-state index contributed by atoms with van der Waals surface area (Å²) >= 11 is 0. The van der Waals surface area contributed by atoms with E-state index in [1.807, 2.05) is 0 Å². The molecular formula is C13H19N3O3. The van der Waals surface area contributed by atoms with E-state index in [4.69, 9.17) is 15.2 Å². The molecule has 0 bridgehead atoms. The van der Waals surface area contributed by atoms with Crippen LogP contribution in [0.1, 0.15) is 32.1 Å². The summed E-state index contributed by atoms with van der Waals surface area (Å²) in [6, 6.07) is 1.66. The van der Waals surface area contributed by atoms with Crippen molar-refractivity contribution in [1.82, 2.24) is 9.78 Å². The first-order valence-corrected chi connectivity index (χ1v) is 6.78. The zero-order chi connectivity index (χ0) is 13.3. The highest BCUT2D eigenvalue weighted by atomic mass is 16.6. The van der Waals surface area contributed by atoms with E-state index in [-0.39, 0.29) is 24.2 Å². The van der Waals surface area contributed by atoms with Crippen LogP contribution in [0.25, 0.3) is 0 Å². The Bertz CT molecular complexity index is 467. The molecule has 2 heterocycles. The van der Waals surface area contributed by atoms with Crippen molar-refractivity contribution >= 4 is 11.8 Å². The monoisotopic (exact) mass is 265 g/mol. The lowest BCUT2D eigenvalue weighted by Crippen LogP contribution is -2.48. The third-order valence-electron chi connectivity index (χ3n) is 3.96. The fraction of sp³-hybridized carbons (Fsp3) is 0.692. The van der Waals surface area contributed by atoms with E-state index in [9.17, 15) is 4.79 Å². The fourth-order valence-electron chi connectivity index (χ4n) is 2.82. The van der Waals surface area contributed by atoms with Gasteiger partial charge >= 0.3 is 5.97 Å². The molecule has 1 aliphatic heterocycles. The van der Waals surface area contributed by atoms with Crippen LogP contribution >= 0.6 is 0 Å². The van der Waals surface area contributed by atoms with Crippen molar-refractivity contribution in [1.29, 1.82) is 0 Å². The zero-order valence-electron chi connectivity index (χ0n) is 10.9. The number of ether oxygens (including phenoxy) is 2. The Labute approximate surface area is 111 Å². The van der Waals surface area contributed by atoms with E-state index in [1.54, 1.807) is 12.3 Å². The van der Waals surface area contributed by atoms with Gasteiger partial charge in [0.05, 0.1) is 12.2 Å². The topological polar surface area (TPSA) is 79.4 Å². The maximum Gasteiger partial charge on any atom is 0.328 e. The maximum absolute atomic E-state index is 11.8. The highest BCUT2D eigenvalue weighted by molar-refractivity contribution is 5.69. The molecule has 1 aromatic heterocycles. The van der Waals surface area contributed by atoms with Crippen molar-refractivity contribution in [2.24, 2.45) is 0 Å². The van der Waals surface area contributed by atoms with E-state index in [2.05, 4.69) is 5.10 Å². The van der Waals surface area contributed by atoms with Crippen molar-refractivity contribution in [3.8, 4) is 0 Å². The van der Waals surface area contributed by atoms with Crippen molar-refractivity contribution in [2.45, 2.75) is 50.4 Å². The highest BCUT2D eigenvalue weighted by Crippen LogP contribution is 2.42. The smallest absolute Gasteiger partial charge is 0.328 e. The van der Waals surface area contributed by atoms with Gasteiger partial charge in [0, 0.05) is 19.0 Å². The second kappa shape index (κ2) is 4.85. The molecule has 3 rings (SSSR count). The number of nitrogens with zero attached hydrogens (tertiary/aromatic N) is 2. The summed E-state index contributed by atoms with van der Waals surface area (Å²) in [5.74, 6) is 0.150. The Morgan fingerprint density at radius 3 is 3.11 bits per heavy atom. The van der Waals surface area contributed by atoms with Gasteiger partial charge in [-0.05, 0) is 25.3 Å². The van der Waals surface area contributed by atoms with Gasteiger partial charge in [-0.15, -0.1) is 0 Å². The van der Waals surface area contributed by atoms with Crippen molar-refractivity contribution in [3.05, 3.63) is 12.3 Å². The number of anilines is 1. The van der Waals surface area contributed by atoms with E-state index in [0.29, 0.717) is 12.4 Å². The minimum atomic E-state index is -0.260. The van der Waals surface area contributed by atoms with E-state index in [0.717, 1.165) is 25.7 Å². The molecule has 1 saturated carbocycles. The largest absolute Gasteiger partial charge is 0.461 e. The Kier molecular flexibility index (Phi) is 3.18. The summed E-state index contributed by atoms with van der Waals surface area (Å²) in [4.78, 5) is 11.8. The van der Waals surface area contributed by atoms with Gasteiger partial charge in [0.25, 0.3) is 0 Å². The molecule has 0 aromatic carbocycles. The second-order valence-corrected chi connectivity index (χ2v) is 5.43. The number of aromatic nitrogens is 2. The summed E-state index contributed by atoms with van der Waals surface area (Å²) in [7, 11) is 0. The predicted molar refractivity (Wildman–Crippen MR) is 68.3 cm³/mol. The minimum Gasteiger partial charge on any atom is -0.461 e. The van der Waals surface area contributed by atoms with E-state index in [1.165, 1.54) is 11.1 Å². The van der Waals surface area contributed by atoms with Gasteiger partial charge in [0.2, 0.25) is 0 Å². The van der Waals surface area contributed by atoms with Crippen LogP contribution < -0.4 is 5.73 Å². The average Bonchev–Trinajstić information content (AvgIpc) is 2.73. The van der Waals surface area contributed by atoms with Crippen LogP contribution in [0, 0.1) is 0 Å². The molecule has 1 saturated heterocycles. The normalized spacial score (nSPS) is 24.9. The van der Waals surface area contributed by atoms with Crippen molar-refractivity contribution in [2.75, 3.05) is 12.3 Å². The molecule has 1 atom stereocenters. The van der Waals surface area contributed by atoms with Crippen molar-refractivity contribution in [3.63, 3.8) is 0 Å². The number of carbonyl (C=O) groups is 1. The quantitative estimate of drug-likeness (QED) is 0.828. The lowest BCUT2D eigenvalue weighted by molar-refractivity contribution is -0.181. The molecule has 104 valence electrons. The van der Waals surface area contributed by atoms with Crippen LogP contribution in [-0.4, -0.2) is 34.1 Å². The first-order valence-electron chi connectivity index (χ1n) is 6.78. The Balaban J connectivity index is 1.51. The lowest BCUT2D eigenvalue weighted by Gasteiger charge is -2.46. The average molecular weight is 265 g/mol. The maximum atomic E-state index is 11.8. The third kappa shape index (κ3) is 2.73. The van der Waals surface area contributed by atoms with Crippen LogP contribution in [0.2, 0.25) is 0 Å². The van der Waals surface area contributed by atoms with Crippen molar-refractivity contribution < 1.29 is 14.3 Å². The van der Waals surface area contributed by atoms with E-state index >= 15 is 0 Å². The number of nitrogens with two attached hydrogens (primary N) is 1. The third-order valence-corrected chi connectivity index (χ3v) is 3.96. The second-order valence-electron chi connectivity index (χ2n) is 5.43. The molecule has 1 aliphatic carbocycles. The number of rotatable bonds is 3. The SMILES string of the molecule is Nc1ccn(CC(=O)OC2CCOC3(CCC3)C2)n1. The zero-order valence-corrected chi connectivity index (χ0v) is 10.9. The molecule has 1 aromatic rings. The molecule has 2 N–H and O–H groups in total. The summed E-state index contributed by atoms with van der Waals surface area (Å²) in [6.07, 6.45) is 6.68.